The minimum Gasteiger partial charge on any atom is -0.454 e. The third-order valence-corrected chi connectivity index (χ3v) is 10.5. The van der Waals surface area contributed by atoms with Crippen LogP contribution in [0, 0.1) is 0 Å². The van der Waals surface area contributed by atoms with Crippen LogP contribution in [-0.4, -0.2) is 0 Å². The van der Waals surface area contributed by atoms with E-state index in [0.29, 0.717) is 0 Å². The molecule has 0 aliphatic carbocycles. The lowest BCUT2D eigenvalue weighted by Gasteiger charge is -2.29. The number of fused-ring (bicyclic) bond motifs is 4. The average molecular weight is 690 g/mol. The van der Waals surface area contributed by atoms with Crippen molar-refractivity contribution in [3.8, 4) is 44.5 Å². The summed E-state index contributed by atoms with van der Waals surface area (Å²) in [6.07, 6.45) is 0. The Bertz CT molecular complexity index is 2910. The molecule has 0 radical (unpaired) electrons. The Balaban J connectivity index is 1.24. The summed E-state index contributed by atoms with van der Waals surface area (Å²) < 4.78 is 6.87. The highest BCUT2D eigenvalue weighted by molar-refractivity contribution is 6.14. The van der Waals surface area contributed by atoms with Crippen LogP contribution in [0.5, 0.6) is 0 Å². The molecule has 0 atom stereocenters. The van der Waals surface area contributed by atoms with Crippen molar-refractivity contribution in [2.24, 2.45) is 0 Å². The van der Waals surface area contributed by atoms with E-state index < -0.39 is 0 Å². The van der Waals surface area contributed by atoms with Crippen LogP contribution >= 0.6 is 0 Å². The Hall–Kier alpha value is -7.16. The molecule has 0 aliphatic heterocycles. The Morgan fingerprint density at radius 2 is 0.870 bits per heavy atom. The normalized spacial score (nSPS) is 11.3. The van der Waals surface area contributed by atoms with Gasteiger partial charge in [-0.25, -0.2) is 0 Å². The van der Waals surface area contributed by atoms with Crippen molar-refractivity contribution in [3.05, 3.63) is 212 Å². The summed E-state index contributed by atoms with van der Waals surface area (Å²) in [7, 11) is 0. The molecule has 10 aromatic rings. The monoisotopic (exact) mass is 689 g/mol. The number of hydrogen-bond donors (Lipinski definition) is 0. The van der Waals surface area contributed by atoms with Gasteiger partial charge in [-0.2, -0.15) is 0 Å². The van der Waals surface area contributed by atoms with Crippen molar-refractivity contribution in [1.29, 1.82) is 0 Å². The molecule has 0 N–H and O–H groups in total. The standard InChI is InChI=1S/C52H35NO/c1-4-15-38(16-5-1)45-31-30-44(35-49(45)40-19-8-3-9-20-40)53(43-28-26-37(27-29-43)42-25-24-36-14-10-11-21-41(36)34-42)51-46(39-17-6-2-7-18-39)32-33-48-47-22-12-13-23-50(47)54-52(48)51/h1-35H. The minimum absolute atomic E-state index is 0.851. The van der Waals surface area contributed by atoms with E-state index in [-0.39, 0.29) is 0 Å². The molecule has 0 saturated heterocycles. The molecule has 0 fully saturated rings. The summed E-state index contributed by atoms with van der Waals surface area (Å²) in [4.78, 5) is 2.39. The van der Waals surface area contributed by atoms with Gasteiger partial charge in [-0.05, 0) is 92.2 Å². The van der Waals surface area contributed by atoms with E-state index in [1.165, 1.54) is 33.0 Å². The van der Waals surface area contributed by atoms with Crippen LogP contribution in [0.2, 0.25) is 0 Å². The van der Waals surface area contributed by atoms with E-state index in [9.17, 15) is 0 Å². The number of nitrogens with zero attached hydrogens (tertiary/aromatic N) is 1. The van der Waals surface area contributed by atoms with Crippen LogP contribution in [0.1, 0.15) is 0 Å². The van der Waals surface area contributed by atoms with Crippen LogP contribution in [0.3, 0.4) is 0 Å². The molecule has 9 aromatic carbocycles. The van der Waals surface area contributed by atoms with Crippen LogP contribution in [-0.2, 0) is 0 Å². The average Bonchev–Trinajstić information content (AvgIpc) is 3.64. The molecule has 54 heavy (non-hydrogen) atoms. The Morgan fingerprint density at radius 1 is 0.315 bits per heavy atom. The van der Waals surface area contributed by atoms with Gasteiger partial charge >= 0.3 is 0 Å². The topological polar surface area (TPSA) is 16.4 Å². The van der Waals surface area contributed by atoms with Crippen LogP contribution in [0.15, 0.2) is 217 Å². The van der Waals surface area contributed by atoms with Crippen molar-refractivity contribution in [3.63, 3.8) is 0 Å². The van der Waals surface area contributed by atoms with Gasteiger partial charge in [0, 0.05) is 27.7 Å². The molecule has 0 amide bonds. The van der Waals surface area contributed by atoms with E-state index >= 15 is 0 Å². The molecule has 10 rings (SSSR count). The maximum atomic E-state index is 6.87. The molecule has 0 unspecified atom stereocenters. The van der Waals surface area contributed by atoms with Crippen molar-refractivity contribution in [1.82, 2.24) is 0 Å². The first-order chi connectivity index (χ1) is 26.8. The Kier molecular flexibility index (Phi) is 7.85. The van der Waals surface area contributed by atoms with Crippen molar-refractivity contribution in [2.45, 2.75) is 0 Å². The first kappa shape index (κ1) is 31.6. The van der Waals surface area contributed by atoms with E-state index in [2.05, 4.69) is 211 Å². The summed E-state index contributed by atoms with van der Waals surface area (Å²) in [5.41, 5.74) is 14.1. The second kappa shape index (κ2) is 13.4. The number of para-hydroxylation sites is 1. The van der Waals surface area contributed by atoms with Crippen LogP contribution in [0.25, 0.3) is 77.2 Å². The number of rotatable bonds is 7. The Morgan fingerprint density at radius 3 is 1.59 bits per heavy atom. The lowest BCUT2D eigenvalue weighted by atomic mass is 9.93. The predicted molar refractivity (Wildman–Crippen MR) is 228 cm³/mol. The highest BCUT2D eigenvalue weighted by atomic mass is 16.3. The Labute approximate surface area is 314 Å². The maximum absolute atomic E-state index is 6.87. The summed E-state index contributed by atoms with van der Waals surface area (Å²) >= 11 is 0. The second-order valence-corrected chi connectivity index (χ2v) is 13.7. The van der Waals surface area contributed by atoms with Gasteiger partial charge in [0.15, 0.2) is 5.58 Å². The van der Waals surface area contributed by atoms with Gasteiger partial charge in [0.25, 0.3) is 0 Å². The van der Waals surface area contributed by atoms with Gasteiger partial charge in [-0.3, -0.25) is 0 Å². The number of hydrogen-bond acceptors (Lipinski definition) is 2. The molecular weight excluding hydrogens is 655 g/mol. The lowest BCUT2D eigenvalue weighted by Crippen LogP contribution is -2.12. The largest absolute Gasteiger partial charge is 0.454 e. The summed E-state index contributed by atoms with van der Waals surface area (Å²) in [6, 6.07) is 75.9. The third-order valence-electron chi connectivity index (χ3n) is 10.5. The van der Waals surface area contributed by atoms with Crippen molar-refractivity contribution in [2.75, 3.05) is 4.90 Å². The molecule has 254 valence electrons. The zero-order valence-corrected chi connectivity index (χ0v) is 29.6. The van der Waals surface area contributed by atoms with Gasteiger partial charge in [-0.15, -0.1) is 0 Å². The molecule has 2 nitrogen and oxygen atoms in total. The zero-order chi connectivity index (χ0) is 35.8. The molecule has 2 heteroatoms. The fraction of sp³-hybridized carbons (Fsp3) is 0. The summed E-state index contributed by atoms with van der Waals surface area (Å²) in [6.45, 7) is 0. The van der Waals surface area contributed by atoms with Crippen LogP contribution in [0.4, 0.5) is 17.1 Å². The van der Waals surface area contributed by atoms with Crippen molar-refractivity contribution >= 4 is 49.8 Å². The smallest absolute Gasteiger partial charge is 0.160 e. The number of benzene rings is 9. The van der Waals surface area contributed by atoms with Gasteiger partial charge < -0.3 is 9.32 Å². The molecule has 0 spiro atoms. The molecule has 0 saturated carbocycles. The van der Waals surface area contributed by atoms with E-state index in [1.54, 1.807) is 0 Å². The SMILES string of the molecule is c1ccc(-c2ccc(N(c3ccc(-c4ccc5ccccc5c4)cc3)c3c(-c4ccccc4)ccc4c3oc3ccccc34)cc2-c2ccccc2)cc1. The highest BCUT2D eigenvalue weighted by Gasteiger charge is 2.25. The van der Waals surface area contributed by atoms with Gasteiger partial charge in [0.2, 0.25) is 0 Å². The maximum Gasteiger partial charge on any atom is 0.160 e. The fourth-order valence-electron chi connectivity index (χ4n) is 7.82. The van der Waals surface area contributed by atoms with Gasteiger partial charge in [0.1, 0.15) is 5.58 Å². The minimum atomic E-state index is 0.851. The van der Waals surface area contributed by atoms with Gasteiger partial charge in [-0.1, -0.05) is 170 Å². The van der Waals surface area contributed by atoms with E-state index in [4.69, 9.17) is 4.42 Å². The number of furan rings is 1. The summed E-state index contributed by atoms with van der Waals surface area (Å²) in [5.74, 6) is 0. The molecule has 1 aromatic heterocycles. The van der Waals surface area contributed by atoms with E-state index in [0.717, 1.165) is 61.3 Å². The van der Waals surface area contributed by atoms with Gasteiger partial charge in [0.05, 0.1) is 5.69 Å². The highest BCUT2D eigenvalue weighted by Crippen LogP contribution is 2.49. The third kappa shape index (κ3) is 5.62. The first-order valence-electron chi connectivity index (χ1n) is 18.4. The second-order valence-electron chi connectivity index (χ2n) is 13.7. The van der Waals surface area contributed by atoms with E-state index in [1.807, 2.05) is 6.07 Å². The molecule has 0 bridgehead atoms. The fourth-order valence-corrected chi connectivity index (χ4v) is 7.82. The lowest BCUT2D eigenvalue weighted by molar-refractivity contribution is 0.669. The predicted octanol–water partition coefficient (Wildman–Crippen LogP) is 14.9. The van der Waals surface area contributed by atoms with Crippen molar-refractivity contribution < 1.29 is 4.42 Å². The quantitative estimate of drug-likeness (QED) is 0.166. The summed E-state index contributed by atoms with van der Waals surface area (Å²) in [5, 5.41) is 4.66. The van der Waals surface area contributed by atoms with Crippen LogP contribution < -0.4 is 4.90 Å². The molecule has 0 aliphatic rings. The molecular formula is C52H35NO. The first-order valence-corrected chi connectivity index (χ1v) is 18.4. The zero-order valence-electron chi connectivity index (χ0n) is 29.6. The number of anilines is 3. The molecule has 1 heterocycles.